The Morgan fingerprint density at radius 1 is 0.902 bits per heavy atom. The molecule has 1 saturated heterocycles. The van der Waals surface area contributed by atoms with Gasteiger partial charge in [-0.25, -0.2) is 0 Å². The SMILES string of the molecule is CC[C@]12CC(=O)C[C@@H](O[Si](C)(C)C(C)(C)C)[C@H]1[C@@H]1[C@H]3CC(=O)[C@@]1([C@H](OC(=O)C(C)(C)C)O3)[C@@H](OC(=O)C(C)(C)C)C2. The molecule has 0 amide bonds. The van der Waals surface area contributed by atoms with Gasteiger partial charge in [0.2, 0.25) is 6.29 Å². The van der Waals surface area contributed by atoms with Crippen molar-refractivity contribution in [2.24, 2.45) is 33.5 Å². The standard InChI is InChI=1S/C32H52O8Si/c1-13-31-16-18(33)14-20(40-41(11,12)30(8,9)10)23(31)24-19-15-21(34)32(24,22(17-31)38-25(35)28(2,3)4)27(37-19)39-26(36)29(5,6)7/h19-20,22-24,27H,13-17H2,1-12H3/t19-,20-,22+,23+,24+,27+,31-,32-/m1/s1. The summed E-state index contributed by atoms with van der Waals surface area (Å²) >= 11 is 0. The van der Waals surface area contributed by atoms with Crippen LogP contribution in [0.5, 0.6) is 0 Å². The molecule has 0 aromatic carbocycles. The molecule has 0 aromatic rings. The van der Waals surface area contributed by atoms with Crippen LogP contribution in [0.25, 0.3) is 0 Å². The van der Waals surface area contributed by atoms with E-state index in [0.717, 1.165) is 0 Å². The molecular weight excluding hydrogens is 540 g/mol. The van der Waals surface area contributed by atoms with Gasteiger partial charge < -0.3 is 18.6 Å². The molecule has 3 aliphatic carbocycles. The van der Waals surface area contributed by atoms with Crippen LogP contribution in [-0.2, 0) is 37.8 Å². The minimum Gasteiger partial charge on any atom is -0.461 e. The zero-order valence-corrected chi connectivity index (χ0v) is 28.3. The van der Waals surface area contributed by atoms with Crippen molar-refractivity contribution in [3.8, 4) is 0 Å². The van der Waals surface area contributed by atoms with Gasteiger partial charge in [-0.15, -0.1) is 0 Å². The molecule has 0 aromatic heterocycles. The Labute approximate surface area is 247 Å². The second-order valence-electron chi connectivity index (χ2n) is 16.7. The van der Waals surface area contributed by atoms with Crippen LogP contribution in [0, 0.1) is 33.5 Å². The summed E-state index contributed by atoms with van der Waals surface area (Å²) in [4.78, 5) is 54.2. The molecule has 0 radical (unpaired) electrons. The number of ether oxygens (including phenoxy) is 3. The highest BCUT2D eigenvalue weighted by molar-refractivity contribution is 6.74. The Morgan fingerprint density at radius 2 is 1.46 bits per heavy atom. The zero-order valence-electron chi connectivity index (χ0n) is 27.3. The molecule has 0 spiro atoms. The van der Waals surface area contributed by atoms with Crippen LogP contribution in [0.2, 0.25) is 18.1 Å². The van der Waals surface area contributed by atoms with E-state index < -0.39 is 72.4 Å². The summed E-state index contributed by atoms with van der Waals surface area (Å²) < 4.78 is 25.8. The second-order valence-corrected chi connectivity index (χ2v) is 21.4. The molecule has 2 bridgehead atoms. The number of carbonyl (C=O) groups excluding carboxylic acids is 4. The molecule has 232 valence electrons. The lowest BCUT2D eigenvalue weighted by atomic mass is 9.47. The molecular formula is C32H52O8Si. The zero-order chi connectivity index (χ0) is 31.1. The molecule has 1 aliphatic heterocycles. The van der Waals surface area contributed by atoms with Crippen molar-refractivity contribution < 1.29 is 37.8 Å². The molecule has 0 unspecified atom stereocenters. The molecule has 3 saturated carbocycles. The van der Waals surface area contributed by atoms with Gasteiger partial charge in [-0.2, -0.15) is 0 Å². The third kappa shape index (κ3) is 5.15. The molecule has 1 heterocycles. The summed E-state index contributed by atoms with van der Waals surface area (Å²) in [5.74, 6) is -1.44. The van der Waals surface area contributed by atoms with Gasteiger partial charge in [-0.1, -0.05) is 27.7 Å². The maximum atomic E-state index is 14.2. The van der Waals surface area contributed by atoms with Gasteiger partial charge in [0.05, 0.1) is 23.0 Å². The lowest BCUT2D eigenvalue weighted by Gasteiger charge is -2.60. The molecule has 4 fully saturated rings. The van der Waals surface area contributed by atoms with E-state index in [1.54, 1.807) is 41.5 Å². The van der Waals surface area contributed by atoms with Crippen LogP contribution in [0.4, 0.5) is 0 Å². The topological polar surface area (TPSA) is 105 Å². The van der Waals surface area contributed by atoms with E-state index in [-0.39, 0.29) is 35.4 Å². The number of rotatable bonds is 5. The maximum Gasteiger partial charge on any atom is 0.313 e. The average Bonchev–Trinajstić information content (AvgIpc) is 3.25. The molecule has 0 N–H and O–H groups in total. The number of fused-ring (bicyclic) bond motifs is 1. The number of hydrogen-bond acceptors (Lipinski definition) is 8. The monoisotopic (exact) mass is 592 g/mol. The van der Waals surface area contributed by atoms with Gasteiger partial charge in [0.15, 0.2) is 14.1 Å². The van der Waals surface area contributed by atoms with E-state index in [4.69, 9.17) is 18.6 Å². The van der Waals surface area contributed by atoms with Gasteiger partial charge in [-0.3, -0.25) is 19.2 Å². The first-order valence-electron chi connectivity index (χ1n) is 15.3. The lowest BCUT2D eigenvalue weighted by molar-refractivity contribution is -0.238. The first-order chi connectivity index (χ1) is 18.5. The van der Waals surface area contributed by atoms with Crippen LogP contribution in [0.15, 0.2) is 0 Å². The van der Waals surface area contributed by atoms with E-state index in [1.165, 1.54) is 0 Å². The Bertz CT molecular complexity index is 1110. The fraction of sp³-hybridized carbons (Fsp3) is 0.875. The van der Waals surface area contributed by atoms with E-state index in [0.29, 0.717) is 19.3 Å². The molecule has 8 nitrogen and oxygen atoms in total. The summed E-state index contributed by atoms with van der Waals surface area (Å²) in [6.07, 6.45) is -1.17. The summed E-state index contributed by atoms with van der Waals surface area (Å²) in [6, 6.07) is 0. The Kier molecular flexibility index (Phi) is 7.87. The number of carbonyl (C=O) groups is 4. The summed E-state index contributed by atoms with van der Waals surface area (Å²) in [5.41, 5.74) is -3.50. The maximum absolute atomic E-state index is 14.2. The van der Waals surface area contributed by atoms with Crippen molar-refractivity contribution in [1.29, 1.82) is 0 Å². The number of hydrogen-bond donors (Lipinski definition) is 0. The van der Waals surface area contributed by atoms with Crippen LogP contribution >= 0.6 is 0 Å². The quantitative estimate of drug-likeness (QED) is 0.283. The van der Waals surface area contributed by atoms with Gasteiger partial charge >= 0.3 is 11.9 Å². The van der Waals surface area contributed by atoms with Crippen molar-refractivity contribution in [1.82, 2.24) is 0 Å². The van der Waals surface area contributed by atoms with Crippen molar-refractivity contribution >= 4 is 31.8 Å². The first kappa shape index (κ1) is 32.3. The van der Waals surface area contributed by atoms with E-state index >= 15 is 0 Å². The summed E-state index contributed by atoms with van der Waals surface area (Å²) in [5, 5.41) is -0.0781. The minimum atomic E-state index is -2.32. The van der Waals surface area contributed by atoms with Crippen LogP contribution < -0.4 is 0 Å². The average molecular weight is 593 g/mol. The fourth-order valence-electron chi connectivity index (χ4n) is 7.45. The first-order valence-corrected chi connectivity index (χ1v) is 18.2. The smallest absolute Gasteiger partial charge is 0.313 e. The highest BCUT2D eigenvalue weighted by atomic mass is 28.4. The fourth-order valence-corrected chi connectivity index (χ4v) is 8.79. The molecule has 8 atom stereocenters. The van der Waals surface area contributed by atoms with Gasteiger partial charge in [0, 0.05) is 25.2 Å². The normalized spacial score (nSPS) is 37.5. The van der Waals surface area contributed by atoms with Crippen molar-refractivity contribution in [2.45, 2.75) is 144 Å². The molecule has 4 rings (SSSR count). The lowest BCUT2D eigenvalue weighted by Crippen LogP contribution is -2.66. The van der Waals surface area contributed by atoms with Crippen molar-refractivity contribution in [3.05, 3.63) is 0 Å². The molecule has 9 heteroatoms. The van der Waals surface area contributed by atoms with Gasteiger partial charge in [-0.05, 0) is 83.8 Å². The Balaban J connectivity index is 1.89. The number of ketones is 2. The van der Waals surface area contributed by atoms with E-state index in [1.807, 2.05) is 0 Å². The molecule has 4 aliphatic rings. The Hall–Kier alpha value is -1.58. The predicted molar refractivity (Wildman–Crippen MR) is 156 cm³/mol. The number of esters is 2. The summed E-state index contributed by atoms with van der Waals surface area (Å²) in [6.45, 7) is 23.6. The largest absolute Gasteiger partial charge is 0.461 e. The van der Waals surface area contributed by atoms with Crippen LogP contribution in [0.3, 0.4) is 0 Å². The highest BCUT2D eigenvalue weighted by Crippen LogP contribution is 2.70. The van der Waals surface area contributed by atoms with Gasteiger partial charge in [0.25, 0.3) is 0 Å². The van der Waals surface area contributed by atoms with E-state index in [9.17, 15) is 19.2 Å². The van der Waals surface area contributed by atoms with Crippen LogP contribution in [-0.4, -0.2) is 56.4 Å². The third-order valence-corrected chi connectivity index (χ3v) is 15.3. The second kappa shape index (κ2) is 9.98. The van der Waals surface area contributed by atoms with Gasteiger partial charge in [0.1, 0.15) is 17.3 Å². The predicted octanol–water partition coefficient (Wildman–Crippen LogP) is 6.00. The van der Waals surface area contributed by atoms with Crippen LogP contribution in [0.1, 0.15) is 101 Å². The minimum absolute atomic E-state index is 0.0781. The van der Waals surface area contributed by atoms with Crippen molar-refractivity contribution in [2.75, 3.05) is 0 Å². The Morgan fingerprint density at radius 3 is 1.98 bits per heavy atom. The highest BCUT2D eigenvalue weighted by Gasteiger charge is 2.79. The van der Waals surface area contributed by atoms with E-state index in [2.05, 4.69) is 40.8 Å². The van der Waals surface area contributed by atoms with Crippen molar-refractivity contribution in [3.63, 3.8) is 0 Å². The third-order valence-electron chi connectivity index (χ3n) is 10.8. The summed E-state index contributed by atoms with van der Waals surface area (Å²) in [7, 11) is -2.32. The number of Topliss-reactive ketones (excluding diaryl/α,β-unsaturated/α-hetero) is 2. The molecule has 41 heavy (non-hydrogen) atoms.